The maximum absolute atomic E-state index is 6.09. The van der Waals surface area contributed by atoms with Gasteiger partial charge < -0.3 is 5.73 Å². The highest BCUT2D eigenvalue weighted by Gasteiger charge is 2.42. The van der Waals surface area contributed by atoms with E-state index >= 15 is 0 Å². The summed E-state index contributed by atoms with van der Waals surface area (Å²) in [6.45, 7) is 2.63. The smallest absolute Gasteiger partial charge is 0.196 e. The van der Waals surface area contributed by atoms with E-state index in [0.29, 0.717) is 12.5 Å². The van der Waals surface area contributed by atoms with E-state index in [1.165, 1.54) is 0 Å². The zero-order chi connectivity index (χ0) is 14.2. The Balaban J connectivity index is 2.09. The van der Waals surface area contributed by atoms with Crippen LogP contribution in [0.2, 0.25) is 0 Å². The largest absolute Gasteiger partial charge is 0.369 e. The van der Waals surface area contributed by atoms with E-state index in [1.807, 2.05) is 29.2 Å². The van der Waals surface area contributed by atoms with Gasteiger partial charge in [0.2, 0.25) is 0 Å². The quantitative estimate of drug-likeness (QED) is 0.916. The molecule has 102 valence electrons. The van der Waals surface area contributed by atoms with Crippen LogP contribution in [0.25, 0.3) is 0 Å². The van der Waals surface area contributed by atoms with E-state index in [-0.39, 0.29) is 0 Å². The van der Waals surface area contributed by atoms with Crippen molar-refractivity contribution in [1.82, 2.24) is 9.97 Å². The van der Waals surface area contributed by atoms with Crippen LogP contribution in [-0.2, 0) is 5.54 Å². The fraction of sp³-hybridized carbons (Fsp3) is 0.214. The van der Waals surface area contributed by atoms with Gasteiger partial charge in [-0.05, 0) is 25.1 Å². The van der Waals surface area contributed by atoms with Crippen LogP contribution in [0.5, 0.6) is 0 Å². The first-order chi connectivity index (χ1) is 9.61. The van der Waals surface area contributed by atoms with Crippen molar-refractivity contribution >= 4 is 27.6 Å². The van der Waals surface area contributed by atoms with Crippen LogP contribution in [0.4, 0.5) is 5.69 Å². The van der Waals surface area contributed by atoms with E-state index < -0.39 is 5.54 Å². The lowest BCUT2D eigenvalue weighted by molar-refractivity contribution is 0.513. The average Bonchev–Trinajstić information content (AvgIpc) is 2.77. The predicted octanol–water partition coefficient (Wildman–Crippen LogP) is 2.29. The predicted molar refractivity (Wildman–Crippen MR) is 82.5 cm³/mol. The van der Waals surface area contributed by atoms with Crippen LogP contribution in [0.3, 0.4) is 0 Å². The molecular formula is C14H14BrN5. The van der Waals surface area contributed by atoms with Crippen LogP contribution in [-0.4, -0.2) is 22.5 Å². The molecule has 1 unspecified atom stereocenters. The molecule has 0 spiro atoms. The van der Waals surface area contributed by atoms with Gasteiger partial charge in [0.25, 0.3) is 0 Å². The molecule has 1 aliphatic heterocycles. The summed E-state index contributed by atoms with van der Waals surface area (Å²) in [6, 6.07) is 7.98. The Morgan fingerprint density at radius 3 is 2.90 bits per heavy atom. The maximum atomic E-state index is 6.09. The Kier molecular flexibility index (Phi) is 3.17. The van der Waals surface area contributed by atoms with Gasteiger partial charge in [0.05, 0.1) is 18.4 Å². The fourth-order valence-electron chi connectivity index (χ4n) is 2.43. The van der Waals surface area contributed by atoms with Gasteiger partial charge in [-0.15, -0.1) is 0 Å². The normalized spacial score (nSPS) is 21.9. The first-order valence-electron chi connectivity index (χ1n) is 6.23. The molecule has 20 heavy (non-hydrogen) atoms. The Morgan fingerprint density at radius 2 is 2.20 bits per heavy atom. The van der Waals surface area contributed by atoms with E-state index in [2.05, 4.69) is 37.8 Å². The second kappa shape index (κ2) is 4.86. The van der Waals surface area contributed by atoms with Crippen molar-refractivity contribution in [3.63, 3.8) is 0 Å². The van der Waals surface area contributed by atoms with Crippen LogP contribution in [0.1, 0.15) is 12.6 Å². The van der Waals surface area contributed by atoms with E-state index in [4.69, 9.17) is 5.73 Å². The third kappa shape index (κ3) is 2.06. The molecular weight excluding hydrogens is 318 g/mol. The minimum Gasteiger partial charge on any atom is -0.369 e. The highest BCUT2D eigenvalue weighted by Crippen LogP contribution is 2.36. The molecule has 0 fully saturated rings. The van der Waals surface area contributed by atoms with Crippen molar-refractivity contribution in [3.05, 3.63) is 53.0 Å². The summed E-state index contributed by atoms with van der Waals surface area (Å²) in [4.78, 5) is 15.0. The van der Waals surface area contributed by atoms with Gasteiger partial charge in [0.15, 0.2) is 5.96 Å². The van der Waals surface area contributed by atoms with Crippen LogP contribution in [0.15, 0.2) is 52.3 Å². The number of aromatic nitrogens is 2. The summed E-state index contributed by atoms with van der Waals surface area (Å²) < 4.78 is 0.996. The lowest BCUT2D eigenvalue weighted by Gasteiger charge is -2.35. The molecule has 2 N–H and O–H groups in total. The Morgan fingerprint density at radius 1 is 1.35 bits per heavy atom. The highest BCUT2D eigenvalue weighted by molar-refractivity contribution is 9.10. The van der Waals surface area contributed by atoms with Gasteiger partial charge >= 0.3 is 0 Å². The average molecular weight is 332 g/mol. The van der Waals surface area contributed by atoms with Crippen LogP contribution < -0.4 is 10.6 Å². The molecule has 5 nitrogen and oxygen atoms in total. The third-order valence-corrected chi connectivity index (χ3v) is 3.95. The van der Waals surface area contributed by atoms with E-state index in [0.717, 1.165) is 15.9 Å². The molecule has 0 saturated heterocycles. The highest BCUT2D eigenvalue weighted by atomic mass is 79.9. The lowest BCUT2D eigenvalue weighted by atomic mass is 9.96. The first-order valence-corrected chi connectivity index (χ1v) is 7.03. The summed E-state index contributed by atoms with van der Waals surface area (Å²) in [5.41, 5.74) is 7.50. The molecule has 0 saturated carbocycles. The number of rotatable bonds is 2. The summed E-state index contributed by atoms with van der Waals surface area (Å²) in [5, 5.41) is 0. The number of nitrogens with zero attached hydrogens (tertiary/aromatic N) is 4. The molecule has 1 atom stereocenters. The monoisotopic (exact) mass is 331 g/mol. The summed E-state index contributed by atoms with van der Waals surface area (Å²) >= 11 is 3.49. The Bertz CT molecular complexity index is 658. The molecule has 1 aromatic carbocycles. The Labute approximate surface area is 125 Å². The molecule has 1 aliphatic rings. The van der Waals surface area contributed by atoms with Crippen LogP contribution in [0, 0.1) is 0 Å². The minimum absolute atomic E-state index is 0.418. The molecule has 3 rings (SSSR count). The molecule has 0 aliphatic carbocycles. The maximum Gasteiger partial charge on any atom is 0.196 e. The van der Waals surface area contributed by atoms with Crippen molar-refractivity contribution in [1.29, 1.82) is 0 Å². The number of halogens is 1. The van der Waals surface area contributed by atoms with E-state index in [1.54, 1.807) is 18.6 Å². The fourth-order valence-corrected chi connectivity index (χ4v) is 2.82. The minimum atomic E-state index is -0.418. The summed E-state index contributed by atoms with van der Waals surface area (Å²) in [7, 11) is 0. The van der Waals surface area contributed by atoms with Gasteiger partial charge in [-0.25, -0.2) is 0 Å². The Hall–Kier alpha value is -1.95. The zero-order valence-corrected chi connectivity index (χ0v) is 12.6. The number of hydrogen-bond donors (Lipinski definition) is 1. The lowest BCUT2D eigenvalue weighted by Crippen LogP contribution is -2.48. The third-order valence-electron chi connectivity index (χ3n) is 3.45. The second-order valence-corrected chi connectivity index (χ2v) is 5.77. The topological polar surface area (TPSA) is 67.4 Å². The summed E-state index contributed by atoms with van der Waals surface area (Å²) in [5.74, 6) is 0.497. The molecule has 1 aromatic heterocycles. The standard InChI is InChI=1S/C14H14BrN5/c1-14(12-8-17-5-6-18-12)9-19-13(16)20(14)11-4-2-3-10(15)7-11/h2-8H,9H2,1H3,(H2,16,19). The van der Waals surface area contributed by atoms with E-state index in [9.17, 15) is 0 Å². The van der Waals surface area contributed by atoms with Gasteiger partial charge in [-0.3, -0.25) is 19.9 Å². The number of hydrogen-bond acceptors (Lipinski definition) is 5. The number of guanidine groups is 1. The van der Waals surface area contributed by atoms with Crippen molar-refractivity contribution < 1.29 is 0 Å². The number of nitrogens with two attached hydrogens (primary N) is 1. The number of anilines is 1. The van der Waals surface area contributed by atoms with Crippen molar-refractivity contribution in [2.24, 2.45) is 10.7 Å². The van der Waals surface area contributed by atoms with Crippen molar-refractivity contribution in [3.8, 4) is 0 Å². The number of benzene rings is 1. The molecule has 0 bridgehead atoms. The molecule has 6 heteroatoms. The SMILES string of the molecule is CC1(c2cnccn2)CN=C(N)N1c1cccc(Br)c1. The second-order valence-electron chi connectivity index (χ2n) is 4.85. The zero-order valence-electron chi connectivity index (χ0n) is 11.0. The molecule has 2 heterocycles. The first kappa shape index (κ1) is 13.1. The molecule has 0 amide bonds. The van der Waals surface area contributed by atoms with Gasteiger partial charge in [0.1, 0.15) is 5.54 Å². The van der Waals surface area contributed by atoms with Gasteiger partial charge in [-0.1, -0.05) is 22.0 Å². The van der Waals surface area contributed by atoms with Crippen molar-refractivity contribution in [2.45, 2.75) is 12.5 Å². The molecule has 0 radical (unpaired) electrons. The summed E-state index contributed by atoms with van der Waals surface area (Å²) in [6.07, 6.45) is 5.11. The van der Waals surface area contributed by atoms with Crippen LogP contribution >= 0.6 is 15.9 Å². The number of aliphatic imine (C=N–C) groups is 1. The molecule has 2 aromatic rings. The van der Waals surface area contributed by atoms with Gasteiger partial charge in [0, 0.05) is 22.6 Å². The van der Waals surface area contributed by atoms with Crippen molar-refractivity contribution in [2.75, 3.05) is 11.4 Å². The van der Waals surface area contributed by atoms with Gasteiger partial charge in [-0.2, -0.15) is 0 Å².